The summed E-state index contributed by atoms with van der Waals surface area (Å²) in [6.45, 7) is 3.75. The molecule has 4 nitrogen and oxygen atoms in total. The second-order valence-electron chi connectivity index (χ2n) is 5.57. The predicted molar refractivity (Wildman–Crippen MR) is 64.4 cm³/mol. The Morgan fingerprint density at radius 1 is 1.24 bits per heavy atom. The molecule has 0 aromatic rings. The Kier molecular flexibility index (Phi) is 3.86. The predicted octanol–water partition coefficient (Wildman–Crippen LogP) is 1.21. The van der Waals surface area contributed by atoms with Crippen molar-refractivity contribution in [2.75, 3.05) is 14.1 Å². The van der Waals surface area contributed by atoms with Gasteiger partial charge in [0, 0.05) is 33.1 Å². The van der Waals surface area contributed by atoms with Gasteiger partial charge >= 0.3 is 0 Å². The number of Topliss-reactive ketones (excluding diaryl/α,β-unsaturated/α-hetero) is 2. The van der Waals surface area contributed by atoms with Crippen LogP contribution >= 0.6 is 0 Å². The molecule has 0 saturated heterocycles. The Morgan fingerprint density at radius 3 is 2.12 bits per heavy atom. The Morgan fingerprint density at radius 2 is 1.71 bits per heavy atom. The summed E-state index contributed by atoms with van der Waals surface area (Å²) < 4.78 is 0. The largest absolute Gasteiger partial charge is 0.383 e. The topological polar surface area (TPSA) is 54.5 Å². The number of rotatable bonds is 3. The van der Waals surface area contributed by atoms with Crippen LogP contribution in [0.3, 0.4) is 0 Å². The quantitative estimate of drug-likeness (QED) is 0.547. The first-order valence-corrected chi connectivity index (χ1v) is 5.67. The summed E-state index contributed by atoms with van der Waals surface area (Å²) >= 11 is 0. The lowest BCUT2D eigenvalue weighted by atomic mass is 9.70. The maximum Gasteiger partial charge on any atom is 0.175 e. The molecule has 0 unspecified atom stereocenters. The Balaban J connectivity index is 2.82. The zero-order chi connectivity index (χ0) is 13.2. The van der Waals surface area contributed by atoms with Gasteiger partial charge in [0.2, 0.25) is 0 Å². The minimum absolute atomic E-state index is 0.250. The van der Waals surface area contributed by atoms with Crippen LogP contribution in [0.1, 0.15) is 26.7 Å². The Hall–Kier alpha value is -1.45. The number of allylic oxidation sites excluding steroid dienone is 1. The van der Waals surface area contributed by atoms with E-state index < -0.39 is 11.7 Å². The summed E-state index contributed by atoms with van der Waals surface area (Å²) in [7, 11) is 3.55. The molecule has 1 fully saturated rings. The van der Waals surface area contributed by atoms with Crippen molar-refractivity contribution >= 4 is 17.3 Å². The van der Waals surface area contributed by atoms with Gasteiger partial charge in [0.25, 0.3) is 0 Å². The molecule has 0 bridgehead atoms. The first-order chi connectivity index (χ1) is 7.73. The van der Waals surface area contributed by atoms with Gasteiger partial charge in [0.1, 0.15) is 5.92 Å². The zero-order valence-corrected chi connectivity index (χ0v) is 10.8. The van der Waals surface area contributed by atoms with E-state index >= 15 is 0 Å². The molecule has 0 aromatic carbocycles. The minimum Gasteiger partial charge on any atom is -0.383 e. The maximum atomic E-state index is 11.8. The molecule has 0 N–H and O–H groups in total. The van der Waals surface area contributed by atoms with E-state index in [2.05, 4.69) is 0 Å². The van der Waals surface area contributed by atoms with E-state index in [9.17, 15) is 14.4 Å². The van der Waals surface area contributed by atoms with E-state index in [-0.39, 0.29) is 17.0 Å². The highest BCUT2D eigenvalue weighted by molar-refractivity contribution is 6.23. The van der Waals surface area contributed by atoms with Crippen molar-refractivity contribution in [3.63, 3.8) is 0 Å². The highest BCUT2D eigenvalue weighted by Gasteiger charge is 2.42. The third-order valence-corrected chi connectivity index (χ3v) is 2.77. The molecule has 1 rings (SSSR count). The van der Waals surface area contributed by atoms with E-state index in [0.29, 0.717) is 12.8 Å². The smallest absolute Gasteiger partial charge is 0.175 e. The van der Waals surface area contributed by atoms with Gasteiger partial charge in [-0.15, -0.1) is 0 Å². The molecule has 0 aliphatic heterocycles. The van der Waals surface area contributed by atoms with Crippen molar-refractivity contribution in [2.24, 2.45) is 11.3 Å². The van der Waals surface area contributed by atoms with E-state index in [1.165, 1.54) is 6.08 Å². The van der Waals surface area contributed by atoms with Crippen molar-refractivity contribution < 1.29 is 14.4 Å². The van der Waals surface area contributed by atoms with Crippen LogP contribution in [0.5, 0.6) is 0 Å². The molecule has 0 amide bonds. The normalized spacial score (nSPS) is 20.9. The van der Waals surface area contributed by atoms with Crippen LogP contribution in [0.4, 0.5) is 0 Å². The van der Waals surface area contributed by atoms with Gasteiger partial charge in [-0.2, -0.15) is 0 Å². The van der Waals surface area contributed by atoms with Crippen LogP contribution in [0, 0.1) is 11.3 Å². The van der Waals surface area contributed by atoms with Crippen LogP contribution in [-0.2, 0) is 14.4 Å². The molecule has 1 aliphatic rings. The number of carbonyl (C=O) groups excluding carboxylic acids is 3. The van der Waals surface area contributed by atoms with Crippen LogP contribution in [0.25, 0.3) is 0 Å². The monoisotopic (exact) mass is 237 g/mol. The number of nitrogens with zero attached hydrogens (tertiary/aromatic N) is 1. The fraction of sp³-hybridized carbons (Fsp3) is 0.615. The summed E-state index contributed by atoms with van der Waals surface area (Å²) in [5.74, 6) is -1.97. The highest BCUT2D eigenvalue weighted by atomic mass is 16.2. The zero-order valence-electron chi connectivity index (χ0n) is 10.8. The van der Waals surface area contributed by atoms with E-state index in [0.717, 1.165) is 0 Å². The summed E-state index contributed by atoms with van der Waals surface area (Å²) in [4.78, 5) is 37.1. The average molecular weight is 237 g/mol. The molecule has 1 saturated carbocycles. The lowest BCUT2D eigenvalue weighted by Crippen LogP contribution is -2.41. The summed E-state index contributed by atoms with van der Waals surface area (Å²) in [6, 6.07) is 0. The van der Waals surface area contributed by atoms with Gasteiger partial charge < -0.3 is 4.90 Å². The molecule has 0 radical (unpaired) electrons. The SMILES string of the molecule is CN(C)C=CC(=O)C1C(=O)CC(C)(C)CC1=O. The Labute approximate surface area is 102 Å². The second-order valence-corrected chi connectivity index (χ2v) is 5.57. The summed E-state index contributed by atoms with van der Waals surface area (Å²) in [6.07, 6.45) is 3.46. The van der Waals surface area contributed by atoms with Gasteiger partial charge in [-0.3, -0.25) is 14.4 Å². The van der Waals surface area contributed by atoms with E-state index in [1.54, 1.807) is 25.2 Å². The van der Waals surface area contributed by atoms with Crippen molar-refractivity contribution in [3.05, 3.63) is 12.3 Å². The van der Waals surface area contributed by atoms with Crippen LogP contribution in [-0.4, -0.2) is 36.3 Å². The van der Waals surface area contributed by atoms with Crippen molar-refractivity contribution in [2.45, 2.75) is 26.7 Å². The first-order valence-electron chi connectivity index (χ1n) is 5.67. The van der Waals surface area contributed by atoms with Gasteiger partial charge in [0.15, 0.2) is 17.3 Å². The Bertz CT molecular complexity index is 360. The molecule has 0 spiro atoms. The number of ketones is 3. The van der Waals surface area contributed by atoms with Gasteiger partial charge in [-0.25, -0.2) is 0 Å². The fourth-order valence-electron chi connectivity index (χ4n) is 2.03. The second kappa shape index (κ2) is 4.82. The molecular formula is C13H19NO3. The van der Waals surface area contributed by atoms with Crippen molar-refractivity contribution in [1.29, 1.82) is 0 Å². The molecule has 0 heterocycles. The molecular weight excluding hydrogens is 218 g/mol. The molecule has 0 atom stereocenters. The summed E-state index contributed by atoms with van der Waals surface area (Å²) in [5, 5.41) is 0. The van der Waals surface area contributed by atoms with Gasteiger partial charge in [0.05, 0.1) is 0 Å². The molecule has 4 heteroatoms. The number of carbonyl (C=O) groups is 3. The molecule has 0 aromatic heterocycles. The maximum absolute atomic E-state index is 11.8. The minimum atomic E-state index is -1.07. The van der Waals surface area contributed by atoms with E-state index in [1.807, 2.05) is 13.8 Å². The average Bonchev–Trinajstić information content (AvgIpc) is 2.11. The third kappa shape index (κ3) is 3.51. The van der Waals surface area contributed by atoms with E-state index in [4.69, 9.17) is 0 Å². The highest BCUT2D eigenvalue weighted by Crippen LogP contribution is 2.34. The van der Waals surface area contributed by atoms with Gasteiger partial charge in [-0.1, -0.05) is 13.8 Å². The summed E-state index contributed by atoms with van der Waals surface area (Å²) in [5.41, 5.74) is -0.309. The third-order valence-electron chi connectivity index (χ3n) is 2.77. The van der Waals surface area contributed by atoms with Gasteiger partial charge in [-0.05, 0) is 11.5 Å². The van der Waals surface area contributed by atoms with Crippen molar-refractivity contribution in [1.82, 2.24) is 4.90 Å². The molecule has 17 heavy (non-hydrogen) atoms. The molecule has 1 aliphatic carbocycles. The van der Waals surface area contributed by atoms with Crippen LogP contribution in [0.15, 0.2) is 12.3 Å². The first kappa shape index (κ1) is 13.6. The van der Waals surface area contributed by atoms with Crippen LogP contribution in [0.2, 0.25) is 0 Å². The fourth-order valence-corrected chi connectivity index (χ4v) is 2.03. The lowest BCUT2D eigenvalue weighted by molar-refractivity contribution is -0.143. The van der Waals surface area contributed by atoms with Crippen molar-refractivity contribution in [3.8, 4) is 0 Å². The number of hydrogen-bond acceptors (Lipinski definition) is 4. The number of hydrogen-bond donors (Lipinski definition) is 0. The van der Waals surface area contributed by atoms with Crippen LogP contribution < -0.4 is 0 Å². The lowest BCUT2D eigenvalue weighted by Gasteiger charge is -2.30. The molecule has 94 valence electrons. The standard InChI is InChI=1S/C13H19NO3/c1-13(2)7-10(16)12(11(17)8-13)9(15)5-6-14(3)4/h5-6,12H,7-8H2,1-4H3.